The van der Waals surface area contributed by atoms with Crippen LogP contribution in [0.2, 0.25) is 0 Å². The molecule has 0 radical (unpaired) electrons. The van der Waals surface area contributed by atoms with Crippen LogP contribution in [0.5, 0.6) is 5.75 Å². The maximum absolute atomic E-state index is 14.2. The van der Waals surface area contributed by atoms with Gasteiger partial charge >= 0.3 is 6.09 Å². The summed E-state index contributed by atoms with van der Waals surface area (Å²) in [6, 6.07) is 2.66. The number of aliphatic hydroxyl groups is 1. The van der Waals surface area contributed by atoms with Crippen LogP contribution in [0, 0.1) is 11.7 Å². The zero-order valence-electron chi connectivity index (χ0n) is 23.0. The first-order valence-corrected chi connectivity index (χ1v) is 13.7. The van der Waals surface area contributed by atoms with Gasteiger partial charge in [-0.1, -0.05) is 19.8 Å². The number of nitrogens with zero attached hydrogens (tertiary/aromatic N) is 1. The second-order valence-corrected chi connectivity index (χ2v) is 11.3. The molecule has 0 bridgehead atoms. The van der Waals surface area contributed by atoms with Gasteiger partial charge in [-0.05, 0) is 70.1 Å². The number of alkyl halides is 1. The highest BCUT2D eigenvalue weighted by Gasteiger charge is 2.42. The van der Waals surface area contributed by atoms with Crippen LogP contribution in [-0.2, 0) is 20.6 Å². The minimum absolute atomic E-state index is 0.0401. The first-order valence-electron chi connectivity index (χ1n) is 13.7. The molecule has 1 unspecified atom stereocenters. The molecule has 1 heterocycles. The lowest BCUT2D eigenvalue weighted by Gasteiger charge is -2.43. The van der Waals surface area contributed by atoms with E-state index in [1.165, 1.54) is 17.0 Å². The van der Waals surface area contributed by atoms with Gasteiger partial charge in [0.15, 0.2) is 6.29 Å². The minimum Gasteiger partial charge on any atom is -0.493 e. The van der Waals surface area contributed by atoms with Crippen molar-refractivity contribution in [2.24, 2.45) is 11.7 Å². The molecule has 3 N–H and O–H groups in total. The third-order valence-corrected chi connectivity index (χ3v) is 6.94. The molecule has 216 valence electrons. The Morgan fingerprint density at radius 2 is 1.97 bits per heavy atom. The molecular weight excluding hydrogens is 498 g/mol. The number of carbonyl (C=O) groups excluding carboxylic acids is 1. The van der Waals surface area contributed by atoms with Crippen molar-refractivity contribution in [1.82, 2.24) is 4.90 Å². The Hall–Kier alpha value is -2.01. The van der Waals surface area contributed by atoms with E-state index in [0.717, 1.165) is 32.1 Å². The quantitative estimate of drug-likeness (QED) is 0.428. The average molecular weight is 543 g/mol. The Bertz CT molecular complexity index is 893. The Balaban J connectivity index is 1.72. The maximum Gasteiger partial charge on any atom is 0.410 e. The predicted octanol–water partition coefficient (Wildman–Crippen LogP) is 4.35. The van der Waals surface area contributed by atoms with Gasteiger partial charge < -0.3 is 29.8 Å². The molecule has 0 aromatic heterocycles. The summed E-state index contributed by atoms with van der Waals surface area (Å²) in [5.74, 6) is 0.0497. The van der Waals surface area contributed by atoms with Gasteiger partial charge in [0.2, 0.25) is 0 Å². The Morgan fingerprint density at radius 1 is 1.26 bits per heavy atom. The molecule has 1 saturated carbocycles. The van der Waals surface area contributed by atoms with Crippen LogP contribution in [0.4, 0.5) is 13.6 Å². The number of amides is 1. The number of ether oxygens (including phenoxy) is 4. The Morgan fingerprint density at radius 3 is 2.61 bits per heavy atom. The molecule has 1 aliphatic carbocycles. The minimum atomic E-state index is -1.21. The Labute approximate surface area is 224 Å². The van der Waals surface area contributed by atoms with Gasteiger partial charge in [-0.2, -0.15) is 0 Å². The van der Waals surface area contributed by atoms with E-state index in [4.69, 9.17) is 24.7 Å². The number of aliphatic hydroxyl groups excluding tert-OH is 1. The summed E-state index contributed by atoms with van der Waals surface area (Å²) in [5, 5.41) is 11.2. The van der Waals surface area contributed by atoms with E-state index in [2.05, 4.69) is 0 Å². The maximum atomic E-state index is 14.2. The molecule has 1 aromatic rings. The van der Waals surface area contributed by atoms with Gasteiger partial charge in [0.25, 0.3) is 0 Å². The summed E-state index contributed by atoms with van der Waals surface area (Å²) in [6.07, 6.45) is 1.50. The van der Waals surface area contributed by atoms with Crippen molar-refractivity contribution >= 4 is 6.09 Å². The van der Waals surface area contributed by atoms with Crippen LogP contribution in [0.3, 0.4) is 0 Å². The van der Waals surface area contributed by atoms with Crippen molar-refractivity contribution in [3.63, 3.8) is 0 Å². The smallest absolute Gasteiger partial charge is 0.410 e. The molecule has 1 saturated heterocycles. The van der Waals surface area contributed by atoms with Gasteiger partial charge in [-0.25, -0.2) is 13.6 Å². The lowest BCUT2D eigenvalue weighted by atomic mass is 9.95. The number of hydrogen-bond acceptors (Lipinski definition) is 7. The molecule has 2 aliphatic rings. The SMILES string of the molecule is CCCOc1cc(F)cc(C[C@H](N)[C@H](O)[C@H]2CO[C@H](OC(CF)C3CCCC3)CN2C(=O)OC(C)(C)C)c1. The number of benzene rings is 1. The number of nitrogens with two attached hydrogens (primary N) is 1. The molecule has 1 aromatic carbocycles. The summed E-state index contributed by atoms with van der Waals surface area (Å²) in [6.45, 7) is 6.91. The van der Waals surface area contributed by atoms with Crippen LogP contribution in [0.25, 0.3) is 0 Å². The zero-order valence-corrected chi connectivity index (χ0v) is 23.0. The number of carbonyl (C=O) groups is 1. The fourth-order valence-electron chi connectivity index (χ4n) is 5.06. The fourth-order valence-corrected chi connectivity index (χ4v) is 5.06. The van der Waals surface area contributed by atoms with E-state index in [0.29, 0.717) is 17.9 Å². The first kappa shape index (κ1) is 30.5. The summed E-state index contributed by atoms with van der Waals surface area (Å²) in [5.41, 5.74) is 6.15. The van der Waals surface area contributed by atoms with Gasteiger partial charge in [0.1, 0.15) is 23.8 Å². The standard InChI is InChI=1S/C28H44F2N2O6/c1-5-10-35-21-12-18(11-20(30)14-21)13-22(31)26(33)23-17-36-25(16-32(23)27(34)38-28(2,3)4)37-24(15-29)19-8-6-7-9-19/h11-12,14,19,22-26,33H,5-10,13,15-17,31H2,1-4H3/t22-,23+,24?,25+,26-/m0/s1. The van der Waals surface area contributed by atoms with E-state index in [9.17, 15) is 18.7 Å². The summed E-state index contributed by atoms with van der Waals surface area (Å²) < 4.78 is 50.9. The van der Waals surface area contributed by atoms with Crippen LogP contribution in [0.1, 0.15) is 65.4 Å². The van der Waals surface area contributed by atoms with Crippen molar-refractivity contribution in [1.29, 1.82) is 0 Å². The summed E-state index contributed by atoms with van der Waals surface area (Å²) in [7, 11) is 0. The fraction of sp³-hybridized carbons (Fsp3) is 0.750. The van der Waals surface area contributed by atoms with Crippen molar-refractivity contribution in [3.8, 4) is 5.75 Å². The molecule has 5 atom stereocenters. The van der Waals surface area contributed by atoms with Crippen LogP contribution in [-0.4, -0.2) is 78.7 Å². The van der Waals surface area contributed by atoms with Gasteiger partial charge in [-0.15, -0.1) is 0 Å². The molecule has 1 amide bonds. The molecule has 0 spiro atoms. The molecule has 8 nitrogen and oxygen atoms in total. The lowest BCUT2D eigenvalue weighted by Crippen LogP contribution is -2.62. The topological polar surface area (TPSA) is 103 Å². The normalized spacial score (nSPS) is 23.2. The zero-order chi connectivity index (χ0) is 27.9. The second kappa shape index (κ2) is 13.9. The van der Waals surface area contributed by atoms with Gasteiger partial charge in [-0.3, -0.25) is 4.90 Å². The monoisotopic (exact) mass is 542 g/mol. The second-order valence-electron chi connectivity index (χ2n) is 11.3. The van der Waals surface area contributed by atoms with E-state index in [-0.39, 0.29) is 25.5 Å². The van der Waals surface area contributed by atoms with Gasteiger partial charge in [0.05, 0.1) is 38.0 Å². The summed E-state index contributed by atoms with van der Waals surface area (Å²) in [4.78, 5) is 14.5. The van der Waals surface area contributed by atoms with E-state index in [1.54, 1.807) is 26.8 Å². The number of morpholine rings is 1. The predicted molar refractivity (Wildman–Crippen MR) is 139 cm³/mol. The average Bonchev–Trinajstić information content (AvgIpc) is 3.39. The van der Waals surface area contributed by atoms with E-state index in [1.807, 2.05) is 6.92 Å². The third-order valence-electron chi connectivity index (χ3n) is 6.94. The number of rotatable bonds is 11. The van der Waals surface area contributed by atoms with Crippen LogP contribution >= 0.6 is 0 Å². The van der Waals surface area contributed by atoms with E-state index >= 15 is 0 Å². The molecule has 10 heteroatoms. The third kappa shape index (κ3) is 8.76. The number of hydrogen-bond donors (Lipinski definition) is 2. The summed E-state index contributed by atoms with van der Waals surface area (Å²) >= 11 is 0. The Kier molecular flexibility index (Phi) is 11.1. The first-order chi connectivity index (χ1) is 18.0. The highest BCUT2D eigenvalue weighted by molar-refractivity contribution is 5.69. The molecule has 2 fully saturated rings. The van der Waals surface area contributed by atoms with Gasteiger partial charge in [0, 0.05) is 12.1 Å². The van der Waals surface area contributed by atoms with Crippen molar-refractivity contribution < 1.29 is 37.6 Å². The lowest BCUT2D eigenvalue weighted by molar-refractivity contribution is -0.229. The van der Waals surface area contributed by atoms with Crippen molar-refractivity contribution in [3.05, 3.63) is 29.6 Å². The highest BCUT2D eigenvalue weighted by Crippen LogP contribution is 2.31. The highest BCUT2D eigenvalue weighted by atomic mass is 19.1. The van der Waals surface area contributed by atoms with Crippen molar-refractivity contribution in [2.45, 2.75) is 102 Å². The van der Waals surface area contributed by atoms with Crippen molar-refractivity contribution in [2.75, 3.05) is 26.4 Å². The molecule has 1 aliphatic heterocycles. The number of halogens is 2. The largest absolute Gasteiger partial charge is 0.493 e. The van der Waals surface area contributed by atoms with E-state index < -0.39 is 54.8 Å². The van der Waals surface area contributed by atoms with Crippen LogP contribution in [0.15, 0.2) is 18.2 Å². The molecular formula is C28H44F2N2O6. The molecule has 38 heavy (non-hydrogen) atoms. The molecule has 3 rings (SSSR count). The van der Waals surface area contributed by atoms with Crippen LogP contribution < -0.4 is 10.5 Å².